The fourth-order valence-electron chi connectivity index (χ4n) is 1.31. The van der Waals surface area contributed by atoms with Crippen LogP contribution in [0.15, 0.2) is 72.8 Å². The van der Waals surface area contributed by atoms with Crippen LogP contribution in [-0.2, 0) is 4.79 Å². The Balaban J connectivity index is 0.000000224. The van der Waals surface area contributed by atoms with Gasteiger partial charge in [-0.15, -0.1) is 0 Å². The van der Waals surface area contributed by atoms with Crippen molar-refractivity contribution in [1.29, 1.82) is 5.26 Å². The molecule has 0 spiro atoms. The third-order valence-corrected chi connectivity index (χ3v) is 2.27. The number of nitriles is 1. The maximum atomic E-state index is 9.61. The molecule has 3 nitrogen and oxygen atoms in total. The van der Waals surface area contributed by atoms with Crippen LogP contribution in [0, 0.1) is 11.3 Å². The molecule has 2 aromatic carbocycles. The minimum absolute atomic E-state index is 0.431. The molecule has 0 saturated heterocycles. The van der Waals surface area contributed by atoms with Gasteiger partial charge >= 0.3 is 5.97 Å². The minimum atomic E-state index is -1.26. The van der Waals surface area contributed by atoms with Crippen LogP contribution in [0.25, 0.3) is 11.1 Å². The van der Waals surface area contributed by atoms with Gasteiger partial charge in [-0.05, 0) is 11.1 Å². The number of benzene rings is 2. The largest absolute Gasteiger partial charge is 0.477 e. The average Bonchev–Trinajstić information content (AvgIpc) is 2.49. The third-order valence-electron chi connectivity index (χ3n) is 2.27. The van der Waals surface area contributed by atoms with Crippen LogP contribution in [0.2, 0.25) is 0 Å². The smallest absolute Gasteiger partial charge is 0.345 e. The molecule has 0 aliphatic carbocycles. The number of rotatable bonds is 2. The number of hydrogen-bond donors (Lipinski definition) is 1. The van der Waals surface area contributed by atoms with Gasteiger partial charge in [0.2, 0.25) is 0 Å². The third kappa shape index (κ3) is 4.88. The lowest BCUT2D eigenvalue weighted by Crippen LogP contribution is -1.94. The molecule has 0 fully saturated rings. The summed E-state index contributed by atoms with van der Waals surface area (Å²) >= 11 is 0. The van der Waals surface area contributed by atoms with E-state index < -0.39 is 11.5 Å². The second kappa shape index (κ2) is 7.46. The molecule has 0 heterocycles. The predicted molar refractivity (Wildman–Crippen MR) is 74.3 cm³/mol. The Morgan fingerprint density at radius 3 is 1.53 bits per heavy atom. The highest BCUT2D eigenvalue weighted by Crippen LogP contribution is 2.17. The van der Waals surface area contributed by atoms with Crippen molar-refractivity contribution in [3.8, 4) is 17.2 Å². The van der Waals surface area contributed by atoms with Crippen LogP contribution >= 0.6 is 0 Å². The zero-order valence-electron chi connectivity index (χ0n) is 10.3. The fraction of sp³-hybridized carbons (Fsp3) is 0. The van der Waals surface area contributed by atoms with Gasteiger partial charge in [0, 0.05) is 0 Å². The van der Waals surface area contributed by atoms with Crippen molar-refractivity contribution in [1.82, 2.24) is 0 Å². The number of aliphatic carboxylic acids is 1. The summed E-state index contributed by atoms with van der Waals surface area (Å²) in [5, 5.41) is 15.6. The summed E-state index contributed by atoms with van der Waals surface area (Å²) in [6.45, 7) is 2.91. The molecule has 94 valence electrons. The van der Waals surface area contributed by atoms with Gasteiger partial charge in [0.1, 0.15) is 11.6 Å². The predicted octanol–water partition coefficient (Wildman–Crippen LogP) is 3.50. The Kier molecular flexibility index (Phi) is 5.58. The maximum Gasteiger partial charge on any atom is 0.345 e. The summed E-state index contributed by atoms with van der Waals surface area (Å²) in [5.74, 6) is -1.26. The van der Waals surface area contributed by atoms with E-state index in [0.29, 0.717) is 0 Å². The highest BCUT2D eigenvalue weighted by molar-refractivity contribution is 5.90. The van der Waals surface area contributed by atoms with Gasteiger partial charge in [-0.3, -0.25) is 0 Å². The number of nitrogens with zero attached hydrogens (tertiary/aromatic N) is 1. The SMILES string of the molecule is C=C(C#N)C(=O)O.c1ccc(-c2ccccc2)cc1. The van der Waals surface area contributed by atoms with Crippen molar-refractivity contribution in [2.75, 3.05) is 0 Å². The normalized spacial score (nSPS) is 8.58. The zero-order chi connectivity index (χ0) is 14.1. The van der Waals surface area contributed by atoms with E-state index in [4.69, 9.17) is 10.4 Å². The van der Waals surface area contributed by atoms with Crippen molar-refractivity contribution in [3.05, 3.63) is 72.8 Å². The van der Waals surface area contributed by atoms with Crippen molar-refractivity contribution in [2.24, 2.45) is 0 Å². The van der Waals surface area contributed by atoms with Crippen LogP contribution < -0.4 is 0 Å². The summed E-state index contributed by atoms with van der Waals surface area (Å²) in [5.41, 5.74) is 2.12. The van der Waals surface area contributed by atoms with Gasteiger partial charge in [0.05, 0.1) is 0 Å². The standard InChI is InChI=1S/C12H10.C4H3NO2/c1-3-7-11(8-4-1)12-9-5-2-6-10-12;1-3(2-5)4(6)7/h1-10H;1H2,(H,6,7). The zero-order valence-corrected chi connectivity index (χ0v) is 10.3. The monoisotopic (exact) mass is 251 g/mol. The van der Waals surface area contributed by atoms with Crippen LogP contribution in [0.3, 0.4) is 0 Å². The molecule has 19 heavy (non-hydrogen) atoms. The van der Waals surface area contributed by atoms with Crippen molar-refractivity contribution in [2.45, 2.75) is 0 Å². The van der Waals surface area contributed by atoms with Crippen LogP contribution in [0.1, 0.15) is 0 Å². The van der Waals surface area contributed by atoms with E-state index in [2.05, 4.69) is 55.1 Å². The van der Waals surface area contributed by atoms with Crippen LogP contribution in [0.5, 0.6) is 0 Å². The lowest BCUT2D eigenvalue weighted by molar-refractivity contribution is -0.132. The highest BCUT2D eigenvalue weighted by atomic mass is 16.4. The molecule has 2 rings (SSSR count). The van der Waals surface area contributed by atoms with Crippen LogP contribution in [0.4, 0.5) is 0 Å². The number of carbonyl (C=O) groups is 1. The van der Waals surface area contributed by atoms with E-state index in [9.17, 15) is 4.79 Å². The Labute approximate surface area is 112 Å². The molecule has 0 aromatic heterocycles. The lowest BCUT2D eigenvalue weighted by atomic mass is 10.1. The summed E-state index contributed by atoms with van der Waals surface area (Å²) in [6.07, 6.45) is 0. The molecule has 0 aliphatic rings. The first-order chi connectivity index (χ1) is 9.15. The first-order valence-electron chi connectivity index (χ1n) is 5.58. The second-order valence-corrected chi connectivity index (χ2v) is 3.63. The van der Waals surface area contributed by atoms with Gasteiger partial charge < -0.3 is 5.11 Å². The molecular formula is C16H13NO2. The van der Waals surface area contributed by atoms with E-state index in [1.807, 2.05) is 12.1 Å². The number of carboxylic acids is 1. The van der Waals surface area contributed by atoms with Crippen molar-refractivity contribution >= 4 is 5.97 Å². The quantitative estimate of drug-likeness (QED) is 0.656. The van der Waals surface area contributed by atoms with E-state index in [1.54, 1.807) is 0 Å². The number of hydrogen-bond acceptors (Lipinski definition) is 2. The first kappa shape index (κ1) is 14.2. The van der Waals surface area contributed by atoms with Gasteiger partial charge in [-0.1, -0.05) is 67.2 Å². The van der Waals surface area contributed by atoms with Crippen molar-refractivity contribution in [3.63, 3.8) is 0 Å². The summed E-state index contributed by atoms with van der Waals surface area (Å²) in [6, 6.07) is 22.2. The minimum Gasteiger partial charge on any atom is -0.477 e. The maximum absolute atomic E-state index is 9.61. The molecule has 0 saturated carbocycles. The Hall–Kier alpha value is -2.86. The highest BCUT2D eigenvalue weighted by Gasteiger charge is 1.97. The molecule has 0 atom stereocenters. The molecule has 0 bridgehead atoms. The van der Waals surface area contributed by atoms with E-state index in [1.165, 1.54) is 17.2 Å². The molecular weight excluding hydrogens is 238 g/mol. The van der Waals surface area contributed by atoms with Gasteiger partial charge in [0.15, 0.2) is 0 Å². The van der Waals surface area contributed by atoms with E-state index in [-0.39, 0.29) is 0 Å². The fourth-order valence-corrected chi connectivity index (χ4v) is 1.31. The molecule has 0 aliphatic heterocycles. The van der Waals surface area contributed by atoms with Crippen molar-refractivity contribution < 1.29 is 9.90 Å². The Bertz CT molecular complexity index is 546. The molecule has 0 unspecified atom stereocenters. The molecule has 0 radical (unpaired) electrons. The second-order valence-electron chi connectivity index (χ2n) is 3.63. The molecule has 3 heteroatoms. The summed E-state index contributed by atoms with van der Waals surface area (Å²) in [7, 11) is 0. The molecule has 1 N–H and O–H groups in total. The summed E-state index contributed by atoms with van der Waals surface area (Å²) < 4.78 is 0. The lowest BCUT2D eigenvalue weighted by Gasteiger charge is -1.98. The average molecular weight is 251 g/mol. The Morgan fingerprint density at radius 2 is 1.32 bits per heavy atom. The van der Waals surface area contributed by atoms with Crippen LogP contribution in [-0.4, -0.2) is 11.1 Å². The first-order valence-corrected chi connectivity index (χ1v) is 5.58. The molecule has 2 aromatic rings. The summed E-state index contributed by atoms with van der Waals surface area (Å²) in [4.78, 5) is 9.61. The van der Waals surface area contributed by atoms with E-state index in [0.717, 1.165) is 0 Å². The Morgan fingerprint density at radius 1 is 0.947 bits per heavy atom. The molecule has 0 amide bonds. The van der Waals surface area contributed by atoms with Gasteiger partial charge in [-0.25, -0.2) is 4.79 Å². The van der Waals surface area contributed by atoms with E-state index >= 15 is 0 Å². The number of carboxylic acid groups (broad SMARTS) is 1. The van der Waals surface area contributed by atoms with Gasteiger partial charge in [0.25, 0.3) is 0 Å². The topological polar surface area (TPSA) is 61.1 Å². The van der Waals surface area contributed by atoms with Gasteiger partial charge in [-0.2, -0.15) is 5.26 Å².